The average Bonchev–Trinajstić information content (AvgIpc) is 2.13. The molecule has 0 unspecified atom stereocenters. The Hall–Kier alpha value is -2.98. The third-order valence-electron chi connectivity index (χ3n) is 1.66. The van der Waals surface area contributed by atoms with E-state index in [1.807, 2.05) is 0 Å². The van der Waals surface area contributed by atoms with Gasteiger partial charge in [0.15, 0.2) is 0 Å². The molecule has 0 aliphatic heterocycles. The zero-order valence-electron chi connectivity index (χ0n) is 8.80. The third kappa shape index (κ3) is 4.07. The number of carboxylic acid groups (broad SMARTS) is 4. The second-order valence-corrected chi connectivity index (χ2v) is 2.96. The van der Waals surface area contributed by atoms with E-state index >= 15 is 0 Å². The highest BCUT2D eigenvalue weighted by atomic mass is 16.6. The summed E-state index contributed by atoms with van der Waals surface area (Å²) in [7, 11) is 0. The first kappa shape index (κ1) is 16.0. The molecule has 4 N–H and O–H groups in total. The average molecular weight is 278 g/mol. The number of rotatable bonds is 6. The van der Waals surface area contributed by atoms with Crippen LogP contribution in [0.25, 0.3) is 0 Å². The van der Waals surface area contributed by atoms with Gasteiger partial charge in [0, 0.05) is 0 Å². The summed E-state index contributed by atoms with van der Waals surface area (Å²) in [5.41, 5.74) is 0. The van der Waals surface area contributed by atoms with E-state index in [1.165, 1.54) is 0 Å². The minimum Gasteiger partial charge on any atom is -0.480 e. The Morgan fingerprint density at radius 1 is 0.579 bits per heavy atom. The van der Waals surface area contributed by atoms with Crippen molar-refractivity contribution in [2.24, 2.45) is 11.8 Å². The molecule has 0 heterocycles. The highest BCUT2D eigenvalue weighted by Gasteiger charge is 2.42. The van der Waals surface area contributed by atoms with Crippen LogP contribution < -0.4 is 0 Å². The lowest BCUT2D eigenvalue weighted by molar-refractivity contribution is -0.175. The molecule has 0 saturated heterocycles. The second kappa shape index (κ2) is 6.09. The fourth-order valence-corrected chi connectivity index (χ4v) is 0.832. The molecule has 104 valence electrons. The van der Waals surface area contributed by atoms with Crippen molar-refractivity contribution in [3.63, 3.8) is 0 Å². The molecule has 11 heteroatoms. The van der Waals surface area contributed by atoms with Crippen LogP contribution in [0.3, 0.4) is 0 Å². The molecule has 0 fully saturated rings. The van der Waals surface area contributed by atoms with Crippen molar-refractivity contribution in [3.05, 3.63) is 0 Å². The summed E-state index contributed by atoms with van der Waals surface area (Å²) < 4.78 is 3.62. The maximum atomic E-state index is 11.0. The Balaban J connectivity index is 5.04. The minimum atomic E-state index is -2.77. The molecule has 0 radical (unpaired) electrons. The number of hydrogen-bond acceptors (Lipinski definition) is 7. The highest BCUT2D eigenvalue weighted by Crippen LogP contribution is 2.06. The van der Waals surface area contributed by atoms with Crippen molar-refractivity contribution < 1.29 is 53.9 Å². The third-order valence-corrected chi connectivity index (χ3v) is 1.66. The Labute approximate surface area is 103 Å². The second-order valence-electron chi connectivity index (χ2n) is 2.96. The van der Waals surface area contributed by atoms with Crippen LogP contribution in [-0.4, -0.2) is 56.2 Å². The fraction of sp³-hybridized carbons (Fsp3) is 0.250. The van der Waals surface area contributed by atoms with Crippen molar-refractivity contribution in [1.29, 1.82) is 0 Å². The molecule has 0 aromatic rings. The zero-order valence-corrected chi connectivity index (χ0v) is 8.80. The minimum absolute atomic E-state index is 2.10. The van der Waals surface area contributed by atoms with Crippen LogP contribution >= 0.6 is 0 Å². The van der Waals surface area contributed by atoms with E-state index in [9.17, 15) is 28.8 Å². The predicted molar refractivity (Wildman–Crippen MR) is 48.6 cm³/mol. The van der Waals surface area contributed by atoms with E-state index < -0.39 is 47.7 Å². The molecule has 19 heavy (non-hydrogen) atoms. The summed E-state index contributed by atoms with van der Waals surface area (Å²) in [6, 6.07) is 0. The van der Waals surface area contributed by atoms with Crippen molar-refractivity contribution in [2.75, 3.05) is 0 Å². The number of hydrogen-bond donors (Lipinski definition) is 4. The predicted octanol–water partition coefficient (Wildman–Crippen LogP) is -2.37. The fourth-order valence-electron chi connectivity index (χ4n) is 0.832. The number of ether oxygens (including phenoxy) is 1. The number of aliphatic carboxylic acids is 4. The molecule has 0 aliphatic rings. The highest BCUT2D eigenvalue weighted by molar-refractivity contribution is 6.17. The summed E-state index contributed by atoms with van der Waals surface area (Å²) in [5, 5.41) is 33.4. The SMILES string of the molecule is O=C(O)C(C(=O)O)C(=O)OC(=O)C(C(=O)O)C(=O)O. The van der Waals surface area contributed by atoms with Crippen LogP contribution in [-0.2, 0) is 33.5 Å². The lowest BCUT2D eigenvalue weighted by Gasteiger charge is -2.09. The van der Waals surface area contributed by atoms with Crippen LogP contribution in [0, 0.1) is 11.8 Å². The van der Waals surface area contributed by atoms with Crippen molar-refractivity contribution >= 4 is 35.8 Å². The van der Waals surface area contributed by atoms with Crippen molar-refractivity contribution in [3.8, 4) is 0 Å². The number of esters is 2. The van der Waals surface area contributed by atoms with Crippen LogP contribution in [0.15, 0.2) is 0 Å². The maximum Gasteiger partial charge on any atom is 0.339 e. The molecule has 11 nitrogen and oxygen atoms in total. The Morgan fingerprint density at radius 2 is 0.789 bits per heavy atom. The summed E-state index contributed by atoms with van der Waals surface area (Å²) in [4.78, 5) is 63.5. The molecule has 0 rings (SSSR count). The first-order chi connectivity index (χ1) is 8.59. The first-order valence-corrected chi connectivity index (χ1v) is 4.26. The van der Waals surface area contributed by atoms with Gasteiger partial charge in [-0.1, -0.05) is 0 Å². The van der Waals surface area contributed by atoms with E-state index in [2.05, 4.69) is 4.74 Å². The quantitative estimate of drug-likeness (QED) is 0.299. The smallest absolute Gasteiger partial charge is 0.339 e. The molecule has 0 atom stereocenters. The zero-order chi connectivity index (χ0) is 15.3. The molecular weight excluding hydrogens is 272 g/mol. The summed E-state index contributed by atoms with van der Waals surface area (Å²) >= 11 is 0. The standard InChI is InChI=1S/C8H6O11/c9-3(10)1(4(11)12)7(17)19-8(18)2(5(13)14)6(15)16/h1-2H,(H,9,10)(H,11,12)(H,13,14)(H,15,16). The number of carbonyl (C=O) groups is 6. The van der Waals surface area contributed by atoms with Gasteiger partial charge in [-0.25, -0.2) is 9.59 Å². The van der Waals surface area contributed by atoms with Gasteiger partial charge in [-0.05, 0) is 0 Å². The van der Waals surface area contributed by atoms with Gasteiger partial charge in [-0.3, -0.25) is 19.2 Å². The maximum absolute atomic E-state index is 11.0. The van der Waals surface area contributed by atoms with Gasteiger partial charge in [0.2, 0.25) is 0 Å². The summed E-state index contributed by atoms with van der Waals surface area (Å²) in [6.45, 7) is 0. The topological polar surface area (TPSA) is 193 Å². The lowest BCUT2D eigenvalue weighted by atomic mass is 10.1. The summed E-state index contributed by atoms with van der Waals surface area (Å²) in [5.74, 6) is -18.4. The Morgan fingerprint density at radius 3 is 0.947 bits per heavy atom. The van der Waals surface area contributed by atoms with Crippen LogP contribution in [0.5, 0.6) is 0 Å². The summed E-state index contributed by atoms with van der Waals surface area (Å²) in [6.07, 6.45) is 0. The van der Waals surface area contributed by atoms with E-state index in [0.29, 0.717) is 0 Å². The molecule has 0 aromatic heterocycles. The number of carbonyl (C=O) groups excluding carboxylic acids is 2. The largest absolute Gasteiger partial charge is 0.480 e. The molecule has 0 bridgehead atoms. The monoisotopic (exact) mass is 278 g/mol. The normalized spacial score (nSPS) is 10.0. The molecule has 0 spiro atoms. The van der Waals surface area contributed by atoms with Gasteiger partial charge in [0.05, 0.1) is 0 Å². The van der Waals surface area contributed by atoms with Gasteiger partial charge >= 0.3 is 35.8 Å². The van der Waals surface area contributed by atoms with Crippen LogP contribution in [0.4, 0.5) is 0 Å². The first-order valence-electron chi connectivity index (χ1n) is 4.26. The van der Waals surface area contributed by atoms with Gasteiger partial charge in [0.25, 0.3) is 11.8 Å². The van der Waals surface area contributed by atoms with Crippen LogP contribution in [0.1, 0.15) is 0 Å². The van der Waals surface area contributed by atoms with Crippen LogP contribution in [0.2, 0.25) is 0 Å². The van der Waals surface area contributed by atoms with Gasteiger partial charge in [-0.2, -0.15) is 0 Å². The lowest BCUT2D eigenvalue weighted by Crippen LogP contribution is -2.39. The Kier molecular flexibility index (Phi) is 5.13. The van der Waals surface area contributed by atoms with Crippen molar-refractivity contribution in [1.82, 2.24) is 0 Å². The van der Waals surface area contributed by atoms with Crippen molar-refractivity contribution in [2.45, 2.75) is 0 Å². The van der Waals surface area contributed by atoms with Gasteiger partial charge < -0.3 is 25.2 Å². The number of carboxylic acids is 4. The molecule has 0 aliphatic carbocycles. The van der Waals surface area contributed by atoms with E-state index in [-0.39, 0.29) is 0 Å². The molecular formula is C8H6O11. The van der Waals surface area contributed by atoms with E-state index in [0.717, 1.165) is 0 Å². The van der Waals surface area contributed by atoms with Gasteiger partial charge in [0.1, 0.15) is 0 Å². The van der Waals surface area contributed by atoms with E-state index in [1.54, 1.807) is 0 Å². The molecule has 0 aromatic carbocycles. The Bertz CT molecular complexity index is 391. The van der Waals surface area contributed by atoms with Gasteiger partial charge in [-0.15, -0.1) is 0 Å². The van der Waals surface area contributed by atoms with E-state index in [4.69, 9.17) is 20.4 Å². The molecule has 0 saturated carbocycles. The molecule has 0 amide bonds.